The average Bonchev–Trinajstić information content (AvgIpc) is 3.08. The summed E-state index contributed by atoms with van der Waals surface area (Å²) in [7, 11) is 1.47. The molecular formula is C14H17NO2. The van der Waals surface area contributed by atoms with Gasteiger partial charge in [0.15, 0.2) is 0 Å². The molecule has 90 valence electrons. The zero-order valence-electron chi connectivity index (χ0n) is 10.0. The molecule has 0 spiro atoms. The zero-order valence-corrected chi connectivity index (χ0v) is 10.0. The highest BCUT2D eigenvalue weighted by atomic mass is 16.5. The normalized spacial score (nSPS) is 31.7. The fourth-order valence-electron chi connectivity index (χ4n) is 2.80. The van der Waals surface area contributed by atoms with Crippen LogP contribution in [0.2, 0.25) is 0 Å². The van der Waals surface area contributed by atoms with Crippen molar-refractivity contribution in [3.8, 4) is 0 Å². The van der Waals surface area contributed by atoms with E-state index in [2.05, 4.69) is 29.2 Å². The number of methoxy groups -OCH3 is 1. The first-order chi connectivity index (χ1) is 8.31. The van der Waals surface area contributed by atoms with Gasteiger partial charge in [0.1, 0.15) is 6.04 Å². The molecule has 1 aliphatic heterocycles. The molecule has 0 amide bonds. The number of esters is 1. The summed E-state index contributed by atoms with van der Waals surface area (Å²) in [5, 5.41) is 0. The van der Waals surface area contributed by atoms with Crippen molar-refractivity contribution >= 4 is 5.97 Å². The molecule has 1 aliphatic carbocycles. The molecule has 0 bridgehead atoms. The van der Waals surface area contributed by atoms with E-state index in [4.69, 9.17) is 4.74 Å². The van der Waals surface area contributed by atoms with Crippen LogP contribution in [0.3, 0.4) is 0 Å². The molecule has 17 heavy (non-hydrogen) atoms. The standard InChI is InChI=1S/C14H17NO2/c1-17-14(16)12-7-8-15(12)13-9-11(13)10-5-3-2-4-6-10/h2-6,11-13H,7-9H2,1H3. The number of rotatable bonds is 3. The van der Waals surface area contributed by atoms with E-state index in [1.165, 1.54) is 19.1 Å². The molecule has 3 atom stereocenters. The molecule has 0 radical (unpaired) electrons. The maximum absolute atomic E-state index is 11.5. The number of carbonyl (C=O) groups excluding carboxylic acids is 1. The maximum Gasteiger partial charge on any atom is 0.323 e. The zero-order chi connectivity index (χ0) is 11.8. The number of benzene rings is 1. The second-order valence-electron chi connectivity index (χ2n) is 4.89. The lowest BCUT2D eigenvalue weighted by Crippen LogP contribution is -2.54. The summed E-state index contributed by atoms with van der Waals surface area (Å²) in [6.45, 7) is 1.04. The predicted octanol–water partition coefficient (Wildman–Crippen LogP) is 1.79. The van der Waals surface area contributed by atoms with Crippen LogP contribution in [0.15, 0.2) is 30.3 Å². The van der Waals surface area contributed by atoms with E-state index in [1.54, 1.807) is 0 Å². The van der Waals surface area contributed by atoms with Crippen molar-refractivity contribution in [2.45, 2.75) is 30.8 Å². The van der Waals surface area contributed by atoms with Crippen LogP contribution in [0.1, 0.15) is 24.3 Å². The first-order valence-electron chi connectivity index (χ1n) is 6.20. The Balaban J connectivity index is 1.64. The molecule has 1 saturated heterocycles. The van der Waals surface area contributed by atoms with E-state index in [9.17, 15) is 4.79 Å². The molecule has 3 nitrogen and oxygen atoms in total. The molecule has 3 unspecified atom stereocenters. The van der Waals surface area contributed by atoms with Gasteiger partial charge in [-0.25, -0.2) is 0 Å². The molecule has 1 heterocycles. The van der Waals surface area contributed by atoms with E-state index < -0.39 is 0 Å². The summed E-state index contributed by atoms with van der Waals surface area (Å²) in [5.74, 6) is 0.540. The van der Waals surface area contributed by atoms with Crippen LogP contribution in [0.4, 0.5) is 0 Å². The largest absolute Gasteiger partial charge is 0.468 e. The first kappa shape index (κ1) is 10.8. The summed E-state index contributed by atoms with van der Waals surface area (Å²) in [4.78, 5) is 13.8. The van der Waals surface area contributed by atoms with Crippen LogP contribution in [0, 0.1) is 0 Å². The molecule has 0 N–H and O–H groups in total. The highest BCUT2D eigenvalue weighted by molar-refractivity contribution is 5.76. The van der Waals surface area contributed by atoms with Crippen molar-refractivity contribution in [2.24, 2.45) is 0 Å². The smallest absolute Gasteiger partial charge is 0.323 e. The quantitative estimate of drug-likeness (QED) is 0.743. The van der Waals surface area contributed by atoms with Gasteiger partial charge in [-0.2, -0.15) is 0 Å². The van der Waals surface area contributed by atoms with E-state index in [0.717, 1.165) is 13.0 Å². The van der Waals surface area contributed by atoms with Crippen molar-refractivity contribution < 1.29 is 9.53 Å². The van der Waals surface area contributed by atoms with Crippen LogP contribution < -0.4 is 0 Å². The topological polar surface area (TPSA) is 29.5 Å². The fourth-order valence-corrected chi connectivity index (χ4v) is 2.80. The van der Waals surface area contributed by atoms with E-state index >= 15 is 0 Å². The minimum Gasteiger partial charge on any atom is -0.468 e. The van der Waals surface area contributed by atoms with Crippen LogP contribution in [-0.4, -0.2) is 36.6 Å². The van der Waals surface area contributed by atoms with E-state index in [0.29, 0.717) is 12.0 Å². The van der Waals surface area contributed by atoms with Crippen molar-refractivity contribution in [3.63, 3.8) is 0 Å². The third kappa shape index (κ3) is 1.84. The average molecular weight is 231 g/mol. The third-order valence-electron chi connectivity index (χ3n) is 3.94. The molecular weight excluding hydrogens is 214 g/mol. The predicted molar refractivity (Wildman–Crippen MR) is 64.7 cm³/mol. The van der Waals surface area contributed by atoms with Crippen molar-refractivity contribution in [1.82, 2.24) is 4.90 Å². The van der Waals surface area contributed by atoms with Crippen LogP contribution in [0.5, 0.6) is 0 Å². The Bertz CT molecular complexity index is 417. The SMILES string of the molecule is COC(=O)C1CCN1C1CC1c1ccccc1. The van der Waals surface area contributed by atoms with Crippen LogP contribution in [-0.2, 0) is 9.53 Å². The summed E-state index contributed by atoms with van der Waals surface area (Å²) < 4.78 is 4.82. The molecule has 3 rings (SSSR count). The Morgan fingerprint density at radius 1 is 1.35 bits per heavy atom. The lowest BCUT2D eigenvalue weighted by Gasteiger charge is -2.39. The second-order valence-corrected chi connectivity index (χ2v) is 4.89. The molecule has 2 fully saturated rings. The Kier molecular flexibility index (Phi) is 2.63. The summed E-state index contributed by atoms with van der Waals surface area (Å²) in [6.07, 6.45) is 2.13. The minimum absolute atomic E-state index is 0.0127. The number of nitrogens with zero attached hydrogens (tertiary/aromatic N) is 1. The molecule has 1 saturated carbocycles. The fraction of sp³-hybridized carbons (Fsp3) is 0.500. The second kappa shape index (κ2) is 4.15. The lowest BCUT2D eigenvalue weighted by atomic mass is 10.0. The molecule has 1 aromatic rings. The Morgan fingerprint density at radius 3 is 2.71 bits per heavy atom. The van der Waals surface area contributed by atoms with Crippen LogP contribution >= 0.6 is 0 Å². The van der Waals surface area contributed by atoms with E-state index in [-0.39, 0.29) is 12.0 Å². The first-order valence-corrected chi connectivity index (χ1v) is 6.20. The van der Waals surface area contributed by atoms with E-state index in [1.807, 2.05) is 6.07 Å². The van der Waals surface area contributed by atoms with Gasteiger partial charge in [-0.3, -0.25) is 9.69 Å². The van der Waals surface area contributed by atoms with Crippen molar-refractivity contribution in [2.75, 3.05) is 13.7 Å². The minimum atomic E-state index is -0.0741. The highest BCUT2D eigenvalue weighted by Crippen LogP contribution is 2.47. The Morgan fingerprint density at radius 2 is 2.12 bits per heavy atom. The van der Waals surface area contributed by atoms with Gasteiger partial charge < -0.3 is 4.74 Å². The number of hydrogen-bond acceptors (Lipinski definition) is 3. The molecule has 3 heteroatoms. The van der Waals surface area contributed by atoms with Crippen molar-refractivity contribution in [1.29, 1.82) is 0 Å². The van der Waals surface area contributed by atoms with Gasteiger partial charge in [0.2, 0.25) is 0 Å². The van der Waals surface area contributed by atoms with Gasteiger partial charge in [0, 0.05) is 18.5 Å². The van der Waals surface area contributed by atoms with Gasteiger partial charge in [-0.1, -0.05) is 30.3 Å². The van der Waals surface area contributed by atoms with Crippen molar-refractivity contribution in [3.05, 3.63) is 35.9 Å². The summed E-state index contributed by atoms with van der Waals surface area (Å²) in [5.41, 5.74) is 1.40. The number of likely N-dealkylation sites (tertiary alicyclic amines) is 1. The maximum atomic E-state index is 11.5. The van der Waals surface area contributed by atoms with Gasteiger partial charge in [0.05, 0.1) is 7.11 Å². The highest BCUT2D eigenvalue weighted by Gasteiger charge is 2.50. The molecule has 0 aromatic heterocycles. The summed E-state index contributed by atoms with van der Waals surface area (Å²) in [6, 6.07) is 11.1. The van der Waals surface area contributed by atoms with Gasteiger partial charge in [-0.15, -0.1) is 0 Å². The van der Waals surface area contributed by atoms with Gasteiger partial charge >= 0.3 is 5.97 Å². The lowest BCUT2D eigenvalue weighted by molar-refractivity contribution is -0.152. The molecule has 1 aromatic carbocycles. The Labute approximate surface area is 101 Å². The monoisotopic (exact) mass is 231 g/mol. The number of hydrogen-bond donors (Lipinski definition) is 0. The number of ether oxygens (including phenoxy) is 1. The van der Waals surface area contributed by atoms with Crippen LogP contribution in [0.25, 0.3) is 0 Å². The molecule has 2 aliphatic rings. The Hall–Kier alpha value is -1.35. The van der Waals surface area contributed by atoms with Gasteiger partial charge in [0.25, 0.3) is 0 Å². The van der Waals surface area contributed by atoms with Gasteiger partial charge in [-0.05, 0) is 18.4 Å². The summed E-state index contributed by atoms with van der Waals surface area (Å²) >= 11 is 0. The third-order valence-corrected chi connectivity index (χ3v) is 3.94. The number of carbonyl (C=O) groups is 1.